The maximum Gasteiger partial charge on any atom is 0.252 e. The Labute approximate surface area is 196 Å². The molecule has 1 atom stereocenters. The van der Waals surface area contributed by atoms with Gasteiger partial charge in [-0.3, -0.25) is 4.79 Å². The van der Waals surface area contributed by atoms with Gasteiger partial charge in [-0.25, -0.2) is 4.98 Å². The Kier molecular flexibility index (Phi) is 6.07. The SMILES string of the molecule is Cc1ccc(-c2cc(C(=O)N[C@H](C)c3ccc(C(C)(C)C)cc3)c3ccccc3n2)cc1C. The summed E-state index contributed by atoms with van der Waals surface area (Å²) in [6.07, 6.45) is 0. The highest BCUT2D eigenvalue weighted by molar-refractivity contribution is 6.07. The van der Waals surface area contributed by atoms with E-state index in [0.717, 1.165) is 27.7 Å². The van der Waals surface area contributed by atoms with E-state index in [9.17, 15) is 4.79 Å². The molecule has 0 unspecified atom stereocenters. The average Bonchev–Trinajstić information content (AvgIpc) is 2.79. The zero-order valence-corrected chi connectivity index (χ0v) is 20.4. The highest BCUT2D eigenvalue weighted by Gasteiger charge is 2.18. The van der Waals surface area contributed by atoms with Crippen LogP contribution in [0.15, 0.2) is 72.8 Å². The van der Waals surface area contributed by atoms with Crippen LogP contribution < -0.4 is 5.32 Å². The minimum absolute atomic E-state index is 0.0916. The molecule has 1 N–H and O–H groups in total. The fraction of sp³-hybridized carbons (Fsp3) is 0.267. The van der Waals surface area contributed by atoms with Crippen LogP contribution in [0.1, 0.15) is 66.3 Å². The van der Waals surface area contributed by atoms with Crippen LogP contribution >= 0.6 is 0 Å². The molecule has 0 saturated carbocycles. The first-order valence-electron chi connectivity index (χ1n) is 11.5. The van der Waals surface area contributed by atoms with Crippen LogP contribution in [0, 0.1) is 13.8 Å². The van der Waals surface area contributed by atoms with Gasteiger partial charge in [0.1, 0.15) is 0 Å². The third-order valence-corrected chi connectivity index (χ3v) is 6.39. The molecule has 0 spiro atoms. The fourth-order valence-electron chi connectivity index (χ4n) is 4.04. The number of benzene rings is 3. The molecule has 0 radical (unpaired) electrons. The van der Waals surface area contributed by atoms with Crippen molar-refractivity contribution in [3.05, 3.63) is 101 Å². The summed E-state index contributed by atoms with van der Waals surface area (Å²) in [5.74, 6) is -0.0916. The molecule has 1 aromatic heterocycles. The zero-order valence-electron chi connectivity index (χ0n) is 20.4. The fourth-order valence-corrected chi connectivity index (χ4v) is 4.04. The minimum atomic E-state index is -0.108. The van der Waals surface area contributed by atoms with E-state index in [4.69, 9.17) is 4.98 Å². The Bertz CT molecular complexity index is 1310. The number of carbonyl (C=O) groups excluding carboxylic acids is 1. The number of fused-ring (bicyclic) bond motifs is 1. The van der Waals surface area contributed by atoms with Crippen molar-refractivity contribution in [2.75, 3.05) is 0 Å². The van der Waals surface area contributed by atoms with Crippen LogP contribution in [-0.2, 0) is 5.41 Å². The van der Waals surface area contributed by atoms with Gasteiger partial charge in [0.05, 0.1) is 22.8 Å². The van der Waals surface area contributed by atoms with Gasteiger partial charge in [-0.05, 0) is 66.6 Å². The summed E-state index contributed by atoms with van der Waals surface area (Å²) in [5, 5.41) is 4.05. The van der Waals surface area contributed by atoms with E-state index in [1.54, 1.807) is 0 Å². The highest BCUT2D eigenvalue weighted by Crippen LogP contribution is 2.28. The van der Waals surface area contributed by atoms with Crippen LogP contribution in [0.5, 0.6) is 0 Å². The van der Waals surface area contributed by atoms with E-state index in [1.807, 2.05) is 37.3 Å². The third kappa shape index (κ3) is 4.83. The molecule has 1 amide bonds. The lowest BCUT2D eigenvalue weighted by Crippen LogP contribution is -2.27. The highest BCUT2D eigenvalue weighted by atomic mass is 16.1. The van der Waals surface area contributed by atoms with Crippen molar-refractivity contribution in [3.63, 3.8) is 0 Å². The van der Waals surface area contributed by atoms with E-state index < -0.39 is 0 Å². The predicted octanol–water partition coefficient (Wildman–Crippen LogP) is 7.31. The summed E-state index contributed by atoms with van der Waals surface area (Å²) in [5.41, 5.74) is 8.21. The van der Waals surface area contributed by atoms with Crippen molar-refractivity contribution in [2.45, 2.75) is 53.0 Å². The summed E-state index contributed by atoms with van der Waals surface area (Å²) in [6.45, 7) is 12.8. The Morgan fingerprint density at radius 1 is 0.879 bits per heavy atom. The lowest BCUT2D eigenvalue weighted by Gasteiger charge is -2.21. The largest absolute Gasteiger partial charge is 0.345 e. The van der Waals surface area contributed by atoms with Gasteiger partial charge in [0.15, 0.2) is 0 Å². The Morgan fingerprint density at radius 3 is 2.24 bits per heavy atom. The van der Waals surface area contributed by atoms with Crippen LogP contribution in [0.4, 0.5) is 0 Å². The molecule has 3 aromatic carbocycles. The van der Waals surface area contributed by atoms with Crippen molar-refractivity contribution < 1.29 is 4.79 Å². The number of amides is 1. The van der Waals surface area contributed by atoms with Gasteiger partial charge in [-0.1, -0.05) is 75.4 Å². The van der Waals surface area contributed by atoms with Crippen molar-refractivity contribution in [3.8, 4) is 11.3 Å². The number of aryl methyl sites for hydroxylation is 2. The van der Waals surface area contributed by atoms with Crippen LogP contribution in [0.25, 0.3) is 22.2 Å². The Balaban J connectivity index is 1.68. The monoisotopic (exact) mass is 436 g/mol. The minimum Gasteiger partial charge on any atom is -0.345 e. The molecule has 4 aromatic rings. The molecule has 0 aliphatic carbocycles. The molecule has 4 rings (SSSR count). The number of rotatable bonds is 4. The number of nitrogens with zero attached hydrogens (tertiary/aromatic N) is 1. The van der Waals surface area contributed by atoms with Gasteiger partial charge in [0.2, 0.25) is 0 Å². The van der Waals surface area contributed by atoms with E-state index in [-0.39, 0.29) is 17.4 Å². The molecule has 0 aliphatic rings. The normalized spacial score (nSPS) is 12.5. The molecule has 0 fully saturated rings. The lowest BCUT2D eigenvalue weighted by atomic mass is 9.86. The number of carbonyl (C=O) groups is 1. The summed E-state index contributed by atoms with van der Waals surface area (Å²) in [7, 11) is 0. The lowest BCUT2D eigenvalue weighted by molar-refractivity contribution is 0.0941. The number of nitrogens with one attached hydrogen (secondary N) is 1. The van der Waals surface area contributed by atoms with Gasteiger partial charge >= 0.3 is 0 Å². The maximum atomic E-state index is 13.4. The number of aromatic nitrogens is 1. The molecule has 0 aliphatic heterocycles. The topological polar surface area (TPSA) is 42.0 Å². The molecule has 3 heteroatoms. The van der Waals surface area contributed by atoms with Crippen molar-refractivity contribution in [2.24, 2.45) is 0 Å². The van der Waals surface area contributed by atoms with Crippen molar-refractivity contribution >= 4 is 16.8 Å². The number of pyridine rings is 1. The van der Waals surface area contributed by atoms with Crippen LogP contribution in [0.3, 0.4) is 0 Å². The van der Waals surface area contributed by atoms with Crippen molar-refractivity contribution in [1.82, 2.24) is 10.3 Å². The van der Waals surface area contributed by atoms with E-state index in [1.165, 1.54) is 16.7 Å². The zero-order chi connectivity index (χ0) is 23.8. The van der Waals surface area contributed by atoms with E-state index >= 15 is 0 Å². The van der Waals surface area contributed by atoms with Gasteiger partial charge < -0.3 is 5.32 Å². The van der Waals surface area contributed by atoms with Gasteiger partial charge in [0.25, 0.3) is 5.91 Å². The molecule has 0 bridgehead atoms. The van der Waals surface area contributed by atoms with Gasteiger partial charge in [-0.15, -0.1) is 0 Å². The summed E-state index contributed by atoms with van der Waals surface area (Å²) in [4.78, 5) is 18.3. The Morgan fingerprint density at radius 2 is 1.58 bits per heavy atom. The first kappa shape index (κ1) is 22.7. The standard InChI is InChI=1S/C30H32N2O/c1-19-11-12-23(17-20(19)2)28-18-26(25-9-7-8-10-27(25)32-28)29(33)31-21(3)22-13-15-24(16-14-22)30(4,5)6/h7-18,21H,1-6H3,(H,31,33)/t21-/m1/s1. The number of hydrogen-bond acceptors (Lipinski definition) is 2. The van der Waals surface area contributed by atoms with E-state index in [2.05, 4.69) is 82.4 Å². The predicted molar refractivity (Wildman–Crippen MR) is 138 cm³/mol. The van der Waals surface area contributed by atoms with Crippen molar-refractivity contribution in [1.29, 1.82) is 0 Å². The quantitative estimate of drug-likeness (QED) is 0.364. The first-order valence-corrected chi connectivity index (χ1v) is 11.5. The average molecular weight is 437 g/mol. The summed E-state index contributed by atoms with van der Waals surface area (Å²) in [6, 6.07) is 24.5. The molecule has 0 saturated heterocycles. The number of hydrogen-bond donors (Lipinski definition) is 1. The molecule has 33 heavy (non-hydrogen) atoms. The Hall–Kier alpha value is -3.46. The molecular weight excluding hydrogens is 404 g/mol. The summed E-state index contributed by atoms with van der Waals surface area (Å²) >= 11 is 0. The molecule has 1 heterocycles. The van der Waals surface area contributed by atoms with Crippen LogP contribution in [-0.4, -0.2) is 10.9 Å². The second-order valence-corrected chi connectivity index (χ2v) is 9.94. The second kappa shape index (κ2) is 8.82. The second-order valence-electron chi connectivity index (χ2n) is 9.94. The summed E-state index contributed by atoms with van der Waals surface area (Å²) < 4.78 is 0. The third-order valence-electron chi connectivity index (χ3n) is 6.39. The number of para-hydroxylation sites is 1. The molecular formula is C30H32N2O. The maximum absolute atomic E-state index is 13.4. The van der Waals surface area contributed by atoms with Gasteiger partial charge in [-0.2, -0.15) is 0 Å². The van der Waals surface area contributed by atoms with E-state index in [0.29, 0.717) is 5.56 Å². The first-order chi connectivity index (χ1) is 15.6. The van der Waals surface area contributed by atoms with Crippen LogP contribution in [0.2, 0.25) is 0 Å². The molecule has 168 valence electrons. The smallest absolute Gasteiger partial charge is 0.252 e. The molecule has 3 nitrogen and oxygen atoms in total. The van der Waals surface area contributed by atoms with Gasteiger partial charge in [0, 0.05) is 10.9 Å².